The summed E-state index contributed by atoms with van der Waals surface area (Å²) < 4.78 is 5.40. The predicted molar refractivity (Wildman–Crippen MR) is 68.1 cm³/mol. The van der Waals surface area contributed by atoms with Gasteiger partial charge < -0.3 is 15.8 Å². The molecule has 1 saturated heterocycles. The van der Waals surface area contributed by atoms with Gasteiger partial charge in [0, 0.05) is 11.6 Å². The lowest BCUT2D eigenvalue weighted by atomic mass is 10.1. The van der Waals surface area contributed by atoms with Crippen LogP contribution in [-0.4, -0.2) is 18.6 Å². The third-order valence-electron chi connectivity index (χ3n) is 2.72. The van der Waals surface area contributed by atoms with Crippen LogP contribution in [0.3, 0.4) is 0 Å². The Morgan fingerprint density at radius 1 is 1.59 bits per heavy atom. The molecule has 1 aromatic rings. The van der Waals surface area contributed by atoms with E-state index in [2.05, 4.69) is 5.32 Å². The van der Waals surface area contributed by atoms with Gasteiger partial charge in [-0.05, 0) is 31.0 Å². The maximum absolute atomic E-state index is 11.7. The van der Waals surface area contributed by atoms with E-state index >= 15 is 0 Å². The Bertz CT molecular complexity index is 417. The van der Waals surface area contributed by atoms with Gasteiger partial charge in [0.1, 0.15) is 0 Å². The summed E-state index contributed by atoms with van der Waals surface area (Å²) in [5.41, 5.74) is 6.81. The lowest BCUT2D eigenvalue weighted by Crippen LogP contribution is -2.19. The highest BCUT2D eigenvalue weighted by Crippen LogP contribution is 2.23. The van der Waals surface area contributed by atoms with Crippen LogP contribution in [0.1, 0.15) is 19.3 Å². The lowest BCUT2D eigenvalue weighted by molar-refractivity contribution is -0.118. The van der Waals surface area contributed by atoms with Crippen LogP contribution in [0.15, 0.2) is 18.2 Å². The first kappa shape index (κ1) is 12.2. The molecule has 92 valence electrons. The molecule has 1 heterocycles. The number of carbonyl (C=O) groups excluding carboxylic acids is 1. The van der Waals surface area contributed by atoms with E-state index in [1.54, 1.807) is 18.2 Å². The van der Waals surface area contributed by atoms with E-state index in [4.69, 9.17) is 22.1 Å². The molecule has 0 radical (unpaired) electrons. The first-order valence-electron chi connectivity index (χ1n) is 5.61. The van der Waals surface area contributed by atoms with Crippen molar-refractivity contribution in [2.45, 2.75) is 25.4 Å². The fourth-order valence-corrected chi connectivity index (χ4v) is 2.04. The van der Waals surface area contributed by atoms with Crippen molar-refractivity contribution < 1.29 is 9.53 Å². The summed E-state index contributed by atoms with van der Waals surface area (Å²) in [7, 11) is 0. The zero-order valence-corrected chi connectivity index (χ0v) is 10.2. The average molecular weight is 255 g/mol. The molecule has 1 aliphatic rings. The number of amides is 1. The highest BCUT2D eigenvalue weighted by molar-refractivity contribution is 6.31. The molecule has 0 bridgehead atoms. The van der Waals surface area contributed by atoms with Crippen molar-refractivity contribution in [3.05, 3.63) is 23.2 Å². The third-order valence-corrected chi connectivity index (χ3v) is 2.96. The molecule has 1 fully saturated rings. The first-order chi connectivity index (χ1) is 8.15. The monoisotopic (exact) mass is 254 g/mol. The lowest BCUT2D eigenvalue weighted by Gasteiger charge is -2.11. The summed E-state index contributed by atoms with van der Waals surface area (Å²) in [6.45, 7) is 0.751. The average Bonchev–Trinajstić information content (AvgIpc) is 2.75. The quantitative estimate of drug-likeness (QED) is 0.815. The van der Waals surface area contributed by atoms with Crippen molar-refractivity contribution in [1.82, 2.24) is 0 Å². The second-order valence-electron chi connectivity index (χ2n) is 4.12. The fourth-order valence-electron chi connectivity index (χ4n) is 1.86. The van der Waals surface area contributed by atoms with E-state index in [0.717, 1.165) is 19.4 Å². The zero-order valence-electron chi connectivity index (χ0n) is 9.41. The molecule has 0 aliphatic carbocycles. The molecule has 1 amide bonds. The molecular weight excluding hydrogens is 240 g/mol. The van der Waals surface area contributed by atoms with Gasteiger partial charge in [0.05, 0.1) is 23.9 Å². The van der Waals surface area contributed by atoms with Crippen molar-refractivity contribution in [3.8, 4) is 0 Å². The second-order valence-corrected chi connectivity index (χ2v) is 4.56. The fraction of sp³-hybridized carbons (Fsp3) is 0.417. The van der Waals surface area contributed by atoms with Gasteiger partial charge in [-0.15, -0.1) is 0 Å². The molecule has 0 aromatic heterocycles. The molecular formula is C12H15ClN2O2. The SMILES string of the molecule is Nc1cc(Cl)ccc1NC(=O)CC1CCCO1. The Morgan fingerprint density at radius 2 is 2.41 bits per heavy atom. The minimum atomic E-state index is -0.0778. The minimum absolute atomic E-state index is 0.0449. The molecule has 5 heteroatoms. The van der Waals surface area contributed by atoms with Gasteiger partial charge in [-0.2, -0.15) is 0 Å². The molecule has 1 atom stereocenters. The van der Waals surface area contributed by atoms with E-state index in [9.17, 15) is 4.79 Å². The molecule has 0 saturated carbocycles. The Hall–Kier alpha value is -1.26. The van der Waals surface area contributed by atoms with Crippen molar-refractivity contribution >= 4 is 28.9 Å². The minimum Gasteiger partial charge on any atom is -0.397 e. The van der Waals surface area contributed by atoms with Crippen molar-refractivity contribution in [1.29, 1.82) is 0 Å². The molecule has 2 rings (SSSR count). The van der Waals surface area contributed by atoms with Crippen LogP contribution in [0.2, 0.25) is 5.02 Å². The summed E-state index contributed by atoms with van der Waals surface area (Å²) in [6, 6.07) is 5.01. The Kier molecular flexibility index (Phi) is 3.86. The summed E-state index contributed by atoms with van der Waals surface area (Å²) in [5.74, 6) is -0.0778. The number of carbonyl (C=O) groups is 1. The normalized spacial score (nSPS) is 19.2. The van der Waals surface area contributed by atoms with Crippen LogP contribution < -0.4 is 11.1 Å². The second kappa shape index (κ2) is 5.38. The highest BCUT2D eigenvalue weighted by atomic mass is 35.5. The number of benzene rings is 1. The van der Waals surface area contributed by atoms with Gasteiger partial charge in [0.2, 0.25) is 5.91 Å². The van der Waals surface area contributed by atoms with Crippen molar-refractivity contribution in [2.75, 3.05) is 17.7 Å². The maximum atomic E-state index is 11.7. The highest BCUT2D eigenvalue weighted by Gasteiger charge is 2.19. The number of hydrogen-bond acceptors (Lipinski definition) is 3. The van der Waals surface area contributed by atoms with E-state index < -0.39 is 0 Å². The van der Waals surface area contributed by atoms with Gasteiger partial charge in [-0.3, -0.25) is 4.79 Å². The number of nitrogen functional groups attached to an aromatic ring is 1. The van der Waals surface area contributed by atoms with E-state index in [0.29, 0.717) is 22.8 Å². The van der Waals surface area contributed by atoms with Gasteiger partial charge in [-0.1, -0.05) is 11.6 Å². The number of hydrogen-bond donors (Lipinski definition) is 2. The van der Waals surface area contributed by atoms with Crippen molar-refractivity contribution in [3.63, 3.8) is 0 Å². The van der Waals surface area contributed by atoms with Gasteiger partial charge in [0.25, 0.3) is 0 Å². The largest absolute Gasteiger partial charge is 0.397 e. The van der Waals surface area contributed by atoms with E-state index in [1.807, 2.05) is 0 Å². The van der Waals surface area contributed by atoms with Gasteiger partial charge in [-0.25, -0.2) is 0 Å². The number of ether oxygens (including phenoxy) is 1. The van der Waals surface area contributed by atoms with Crippen LogP contribution in [0.5, 0.6) is 0 Å². The van der Waals surface area contributed by atoms with Crippen molar-refractivity contribution in [2.24, 2.45) is 0 Å². The molecule has 0 spiro atoms. The van der Waals surface area contributed by atoms with Crippen LogP contribution >= 0.6 is 11.6 Å². The zero-order chi connectivity index (χ0) is 12.3. The topological polar surface area (TPSA) is 64.3 Å². The summed E-state index contributed by atoms with van der Waals surface area (Å²) in [5, 5.41) is 3.32. The van der Waals surface area contributed by atoms with Crippen LogP contribution in [-0.2, 0) is 9.53 Å². The van der Waals surface area contributed by atoms with Gasteiger partial charge in [0.15, 0.2) is 0 Å². The van der Waals surface area contributed by atoms with E-state index in [-0.39, 0.29) is 12.0 Å². The summed E-state index contributed by atoms with van der Waals surface area (Å²) in [4.78, 5) is 11.7. The van der Waals surface area contributed by atoms with Gasteiger partial charge >= 0.3 is 0 Å². The first-order valence-corrected chi connectivity index (χ1v) is 5.99. The van der Waals surface area contributed by atoms with Crippen LogP contribution in [0.4, 0.5) is 11.4 Å². The number of nitrogens with two attached hydrogens (primary N) is 1. The third kappa shape index (κ3) is 3.35. The van der Waals surface area contributed by atoms with Crippen LogP contribution in [0.25, 0.3) is 0 Å². The smallest absolute Gasteiger partial charge is 0.227 e. The molecule has 4 nitrogen and oxygen atoms in total. The summed E-state index contributed by atoms with van der Waals surface area (Å²) >= 11 is 5.78. The number of rotatable bonds is 3. The molecule has 1 aliphatic heterocycles. The van der Waals surface area contributed by atoms with Crippen LogP contribution in [0, 0.1) is 0 Å². The Labute approximate surface area is 105 Å². The molecule has 17 heavy (non-hydrogen) atoms. The number of nitrogens with one attached hydrogen (secondary N) is 1. The Balaban J connectivity index is 1.93. The maximum Gasteiger partial charge on any atom is 0.227 e. The number of anilines is 2. The standard InChI is InChI=1S/C12H15ClN2O2/c13-8-3-4-11(10(14)6-8)15-12(16)7-9-2-1-5-17-9/h3-4,6,9H,1-2,5,7,14H2,(H,15,16). The Morgan fingerprint density at radius 3 is 3.06 bits per heavy atom. The molecule has 1 unspecified atom stereocenters. The molecule has 1 aromatic carbocycles. The number of halogens is 1. The van der Waals surface area contributed by atoms with E-state index in [1.165, 1.54) is 0 Å². The predicted octanol–water partition coefficient (Wildman–Crippen LogP) is 2.43. The molecule has 3 N–H and O–H groups in total. The summed E-state index contributed by atoms with van der Waals surface area (Å²) in [6.07, 6.45) is 2.40.